The Labute approximate surface area is 86.0 Å². The standard InChI is InChI=1S/C14H16/c1-4-11-10(3)13-8-6-7-9-14(13)12(11)5-2/h4-10H,1-3H3/b11-4-,12-5+. The molecule has 14 heavy (non-hydrogen) atoms. The van der Waals surface area contributed by atoms with Crippen LogP contribution < -0.4 is 0 Å². The smallest absolute Gasteiger partial charge is 0.00699 e. The normalized spacial score (nSPS) is 25.8. The second-order valence-corrected chi connectivity index (χ2v) is 3.76. The van der Waals surface area contributed by atoms with Gasteiger partial charge < -0.3 is 0 Å². The van der Waals surface area contributed by atoms with Crippen LogP contribution in [-0.4, -0.2) is 0 Å². The molecule has 0 aromatic heterocycles. The highest BCUT2D eigenvalue weighted by Gasteiger charge is 2.26. The van der Waals surface area contributed by atoms with Gasteiger partial charge in [0.2, 0.25) is 0 Å². The number of allylic oxidation sites excluding steroid dienone is 4. The fourth-order valence-electron chi connectivity index (χ4n) is 2.40. The molecule has 0 nitrogen and oxygen atoms in total. The summed E-state index contributed by atoms with van der Waals surface area (Å²) in [6.45, 7) is 6.53. The maximum Gasteiger partial charge on any atom is 0.00699 e. The Morgan fingerprint density at radius 2 is 1.79 bits per heavy atom. The van der Waals surface area contributed by atoms with Gasteiger partial charge in [-0.2, -0.15) is 0 Å². The van der Waals surface area contributed by atoms with E-state index in [1.54, 1.807) is 0 Å². The van der Waals surface area contributed by atoms with Gasteiger partial charge in [0.25, 0.3) is 0 Å². The largest absolute Gasteiger partial charge is 0.0832 e. The molecule has 0 fully saturated rings. The van der Waals surface area contributed by atoms with Gasteiger partial charge in [0.1, 0.15) is 0 Å². The van der Waals surface area contributed by atoms with E-state index in [-0.39, 0.29) is 0 Å². The summed E-state index contributed by atoms with van der Waals surface area (Å²) in [7, 11) is 0. The maximum atomic E-state index is 2.28. The van der Waals surface area contributed by atoms with Crippen LogP contribution in [0.4, 0.5) is 0 Å². The first-order valence-electron chi connectivity index (χ1n) is 5.21. The van der Waals surface area contributed by atoms with Gasteiger partial charge in [-0.05, 0) is 36.1 Å². The van der Waals surface area contributed by atoms with Gasteiger partial charge in [0, 0.05) is 5.92 Å². The van der Waals surface area contributed by atoms with Crippen LogP contribution in [0.1, 0.15) is 37.8 Å². The van der Waals surface area contributed by atoms with Gasteiger partial charge in [-0.15, -0.1) is 0 Å². The predicted molar refractivity (Wildman–Crippen MR) is 62.3 cm³/mol. The van der Waals surface area contributed by atoms with Crippen LogP contribution in [0.3, 0.4) is 0 Å². The third-order valence-corrected chi connectivity index (χ3v) is 3.09. The molecule has 0 heterocycles. The lowest BCUT2D eigenvalue weighted by molar-refractivity contribution is 0.955. The lowest BCUT2D eigenvalue weighted by Gasteiger charge is -2.05. The zero-order valence-electron chi connectivity index (χ0n) is 9.04. The molecule has 1 atom stereocenters. The fourth-order valence-corrected chi connectivity index (χ4v) is 2.40. The lowest BCUT2D eigenvalue weighted by Crippen LogP contribution is -1.87. The summed E-state index contributed by atoms with van der Waals surface area (Å²) in [6.07, 6.45) is 4.46. The monoisotopic (exact) mass is 184 g/mol. The van der Waals surface area contributed by atoms with Crippen molar-refractivity contribution < 1.29 is 0 Å². The summed E-state index contributed by atoms with van der Waals surface area (Å²) in [6, 6.07) is 8.70. The Kier molecular flexibility index (Phi) is 2.28. The summed E-state index contributed by atoms with van der Waals surface area (Å²) >= 11 is 0. The summed E-state index contributed by atoms with van der Waals surface area (Å²) < 4.78 is 0. The molecular weight excluding hydrogens is 168 g/mol. The summed E-state index contributed by atoms with van der Waals surface area (Å²) in [5, 5.41) is 0. The van der Waals surface area contributed by atoms with Gasteiger partial charge in [0.15, 0.2) is 0 Å². The van der Waals surface area contributed by atoms with Crippen LogP contribution in [0, 0.1) is 0 Å². The molecule has 1 unspecified atom stereocenters. The molecule has 0 heteroatoms. The summed E-state index contributed by atoms with van der Waals surface area (Å²) in [4.78, 5) is 0. The molecule has 0 aliphatic heterocycles. The molecule has 1 aromatic rings. The molecule has 1 aliphatic rings. The summed E-state index contributed by atoms with van der Waals surface area (Å²) in [5.41, 5.74) is 5.76. The minimum Gasteiger partial charge on any atom is -0.0832 e. The molecule has 1 aromatic carbocycles. The fraction of sp³-hybridized carbons (Fsp3) is 0.286. The van der Waals surface area contributed by atoms with E-state index in [0.717, 1.165) is 0 Å². The van der Waals surface area contributed by atoms with E-state index in [1.165, 1.54) is 22.3 Å². The quantitative estimate of drug-likeness (QED) is 0.568. The van der Waals surface area contributed by atoms with E-state index in [0.29, 0.717) is 5.92 Å². The Morgan fingerprint density at radius 1 is 1.07 bits per heavy atom. The van der Waals surface area contributed by atoms with E-state index in [9.17, 15) is 0 Å². The molecule has 0 radical (unpaired) electrons. The molecule has 72 valence electrons. The van der Waals surface area contributed by atoms with E-state index in [4.69, 9.17) is 0 Å². The van der Waals surface area contributed by atoms with Crippen molar-refractivity contribution in [1.29, 1.82) is 0 Å². The Bertz CT molecular complexity index is 408. The zero-order chi connectivity index (χ0) is 10.1. The Hall–Kier alpha value is -1.30. The zero-order valence-corrected chi connectivity index (χ0v) is 9.04. The van der Waals surface area contributed by atoms with Crippen LogP contribution in [0.2, 0.25) is 0 Å². The molecule has 0 saturated carbocycles. The van der Waals surface area contributed by atoms with E-state index in [2.05, 4.69) is 57.2 Å². The van der Waals surface area contributed by atoms with Crippen molar-refractivity contribution in [2.24, 2.45) is 0 Å². The molecule has 0 N–H and O–H groups in total. The molecule has 0 amide bonds. The first-order chi connectivity index (χ1) is 6.79. The van der Waals surface area contributed by atoms with Crippen LogP contribution in [0.5, 0.6) is 0 Å². The SMILES string of the molecule is C/C=C1\C(=C/C)c2ccccc2C1C. The number of hydrogen-bond acceptors (Lipinski definition) is 0. The van der Waals surface area contributed by atoms with Crippen LogP contribution in [-0.2, 0) is 0 Å². The van der Waals surface area contributed by atoms with Crippen molar-refractivity contribution in [2.75, 3.05) is 0 Å². The van der Waals surface area contributed by atoms with Gasteiger partial charge in [-0.1, -0.05) is 43.3 Å². The number of benzene rings is 1. The van der Waals surface area contributed by atoms with Crippen LogP contribution >= 0.6 is 0 Å². The topological polar surface area (TPSA) is 0 Å². The molecule has 2 rings (SSSR count). The molecule has 0 saturated heterocycles. The van der Waals surface area contributed by atoms with Gasteiger partial charge >= 0.3 is 0 Å². The van der Waals surface area contributed by atoms with Crippen molar-refractivity contribution in [3.8, 4) is 0 Å². The van der Waals surface area contributed by atoms with Crippen LogP contribution in [0.25, 0.3) is 5.57 Å². The van der Waals surface area contributed by atoms with Gasteiger partial charge in [-0.3, -0.25) is 0 Å². The highest BCUT2D eigenvalue weighted by Crippen LogP contribution is 2.44. The maximum absolute atomic E-state index is 2.28. The molecule has 0 spiro atoms. The number of rotatable bonds is 0. The predicted octanol–water partition coefficient (Wildman–Crippen LogP) is 4.15. The van der Waals surface area contributed by atoms with Gasteiger partial charge in [-0.25, -0.2) is 0 Å². The minimum atomic E-state index is 0.558. The molecule has 0 bridgehead atoms. The molecular formula is C14H16. The second kappa shape index (κ2) is 3.45. The van der Waals surface area contributed by atoms with Crippen molar-refractivity contribution >= 4 is 5.57 Å². The first-order valence-corrected chi connectivity index (χ1v) is 5.21. The minimum absolute atomic E-state index is 0.558. The Balaban J connectivity index is 2.67. The lowest BCUT2D eigenvalue weighted by atomic mass is 9.99. The highest BCUT2D eigenvalue weighted by atomic mass is 14.3. The average Bonchev–Trinajstić information content (AvgIpc) is 2.51. The third kappa shape index (κ3) is 1.14. The number of hydrogen-bond donors (Lipinski definition) is 0. The third-order valence-electron chi connectivity index (χ3n) is 3.09. The van der Waals surface area contributed by atoms with E-state index in [1.807, 2.05) is 0 Å². The van der Waals surface area contributed by atoms with Crippen molar-refractivity contribution in [1.82, 2.24) is 0 Å². The second-order valence-electron chi connectivity index (χ2n) is 3.76. The van der Waals surface area contributed by atoms with Gasteiger partial charge in [0.05, 0.1) is 0 Å². The van der Waals surface area contributed by atoms with E-state index >= 15 is 0 Å². The van der Waals surface area contributed by atoms with Crippen molar-refractivity contribution in [3.63, 3.8) is 0 Å². The van der Waals surface area contributed by atoms with Crippen molar-refractivity contribution in [3.05, 3.63) is 53.1 Å². The first kappa shape index (κ1) is 9.26. The number of fused-ring (bicyclic) bond motifs is 1. The van der Waals surface area contributed by atoms with E-state index < -0.39 is 0 Å². The summed E-state index contributed by atoms with van der Waals surface area (Å²) in [5.74, 6) is 0.558. The Morgan fingerprint density at radius 3 is 2.43 bits per heavy atom. The van der Waals surface area contributed by atoms with Crippen LogP contribution in [0.15, 0.2) is 42.0 Å². The average molecular weight is 184 g/mol. The molecule has 1 aliphatic carbocycles. The van der Waals surface area contributed by atoms with Crippen molar-refractivity contribution in [2.45, 2.75) is 26.7 Å². The highest BCUT2D eigenvalue weighted by molar-refractivity contribution is 5.87.